The van der Waals surface area contributed by atoms with E-state index in [9.17, 15) is 25.0 Å². The fourth-order valence-electron chi connectivity index (χ4n) is 3.56. The predicted octanol–water partition coefficient (Wildman–Crippen LogP) is 3.82. The van der Waals surface area contributed by atoms with Gasteiger partial charge in [0.1, 0.15) is 5.60 Å². The molecule has 0 saturated heterocycles. The average Bonchev–Trinajstić information content (AvgIpc) is 2.93. The van der Waals surface area contributed by atoms with E-state index < -0.39 is 32.8 Å². The highest BCUT2D eigenvalue weighted by molar-refractivity contribution is 6.04. The third-order valence-corrected chi connectivity index (χ3v) is 4.79. The van der Waals surface area contributed by atoms with Crippen molar-refractivity contribution >= 4 is 33.9 Å². The summed E-state index contributed by atoms with van der Waals surface area (Å²) in [6, 6.07) is 3.99. The molecule has 0 atom stereocenters. The van der Waals surface area contributed by atoms with E-state index in [-0.39, 0.29) is 16.7 Å². The Morgan fingerprint density at radius 2 is 1.90 bits per heavy atom. The molecule has 10 heteroatoms. The first kappa shape index (κ1) is 21.0. The quantitative estimate of drug-likeness (QED) is 0.455. The van der Waals surface area contributed by atoms with E-state index in [1.54, 1.807) is 25.3 Å². The minimum Gasteiger partial charge on any atom is -0.456 e. The summed E-state index contributed by atoms with van der Waals surface area (Å²) < 4.78 is 7.22. The molecule has 2 heterocycles. The summed E-state index contributed by atoms with van der Waals surface area (Å²) in [7, 11) is 0. The molecular weight excluding hydrogens is 392 g/mol. The van der Waals surface area contributed by atoms with Crippen LogP contribution in [-0.4, -0.2) is 26.0 Å². The Labute approximate surface area is 171 Å². The highest BCUT2D eigenvalue weighted by atomic mass is 16.6. The van der Waals surface area contributed by atoms with E-state index in [4.69, 9.17) is 10.5 Å². The Hall–Kier alpha value is -3.69. The van der Waals surface area contributed by atoms with Crippen molar-refractivity contribution in [2.75, 3.05) is 0 Å². The second kappa shape index (κ2) is 7.29. The number of benzene rings is 1. The van der Waals surface area contributed by atoms with Crippen molar-refractivity contribution in [2.45, 2.75) is 46.3 Å². The van der Waals surface area contributed by atoms with Crippen LogP contribution in [0.1, 0.15) is 39.8 Å². The molecule has 0 unspecified atom stereocenters. The van der Waals surface area contributed by atoms with Gasteiger partial charge in [-0.05, 0) is 44.9 Å². The summed E-state index contributed by atoms with van der Waals surface area (Å²) in [6.45, 7) is 7.41. The van der Waals surface area contributed by atoms with E-state index >= 15 is 0 Å². The van der Waals surface area contributed by atoms with E-state index in [1.807, 2.05) is 13.0 Å². The molecule has 1 aliphatic heterocycles. The minimum absolute atomic E-state index is 0.0871. The van der Waals surface area contributed by atoms with Gasteiger partial charge in [0.2, 0.25) is 0 Å². The van der Waals surface area contributed by atoms with Crippen molar-refractivity contribution in [2.24, 2.45) is 5.73 Å². The van der Waals surface area contributed by atoms with Crippen LogP contribution in [0.4, 0.5) is 11.4 Å². The first-order valence-electron chi connectivity index (χ1n) is 9.34. The van der Waals surface area contributed by atoms with Gasteiger partial charge in [-0.15, -0.1) is 0 Å². The smallest absolute Gasteiger partial charge is 0.355 e. The SMILES string of the molecule is CCC1=CCn2c(cc3c([N+](=O)[O-])c([N+](=O)[O-])ccc32)C(N)=C1C(=O)OC(C)(C)C. The highest BCUT2D eigenvalue weighted by Gasteiger charge is 2.32. The summed E-state index contributed by atoms with van der Waals surface area (Å²) >= 11 is 0. The van der Waals surface area contributed by atoms with Crippen LogP contribution >= 0.6 is 0 Å². The molecule has 1 aromatic heterocycles. The number of nitro benzene ring substituents is 2. The number of nitro groups is 2. The molecule has 2 N–H and O–H groups in total. The number of hydrogen-bond acceptors (Lipinski definition) is 7. The van der Waals surface area contributed by atoms with Crippen molar-refractivity contribution in [3.05, 3.63) is 61.3 Å². The predicted molar refractivity (Wildman–Crippen MR) is 111 cm³/mol. The molecule has 0 amide bonds. The van der Waals surface area contributed by atoms with Crippen LogP contribution in [0.15, 0.2) is 35.4 Å². The molecule has 1 aromatic carbocycles. The molecule has 158 valence electrons. The third kappa shape index (κ3) is 3.51. The largest absolute Gasteiger partial charge is 0.456 e. The molecule has 0 spiro atoms. The number of nitrogens with zero attached hydrogens (tertiary/aromatic N) is 3. The summed E-state index contributed by atoms with van der Waals surface area (Å²) in [4.78, 5) is 34.2. The zero-order valence-electron chi connectivity index (χ0n) is 17.1. The van der Waals surface area contributed by atoms with Crippen molar-refractivity contribution in [3.8, 4) is 0 Å². The van der Waals surface area contributed by atoms with Gasteiger partial charge in [0.15, 0.2) is 0 Å². The summed E-state index contributed by atoms with van der Waals surface area (Å²) in [5.41, 5.74) is 6.24. The lowest BCUT2D eigenvalue weighted by atomic mass is 10.00. The summed E-state index contributed by atoms with van der Waals surface area (Å²) in [6.07, 6.45) is 2.35. The second-order valence-electron chi connectivity index (χ2n) is 7.89. The number of hydrogen-bond donors (Lipinski definition) is 1. The van der Waals surface area contributed by atoms with Gasteiger partial charge in [-0.25, -0.2) is 4.79 Å². The second-order valence-corrected chi connectivity index (χ2v) is 7.89. The van der Waals surface area contributed by atoms with Gasteiger partial charge < -0.3 is 15.0 Å². The number of ether oxygens (including phenoxy) is 1. The zero-order chi connectivity index (χ0) is 22.4. The number of carbonyl (C=O) groups is 1. The van der Waals surface area contributed by atoms with Gasteiger partial charge >= 0.3 is 17.3 Å². The van der Waals surface area contributed by atoms with Crippen LogP contribution in [0.3, 0.4) is 0 Å². The fraction of sp³-hybridized carbons (Fsp3) is 0.350. The minimum atomic E-state index is -0.791. The van der Waals surface area contributed by atoms with Crippen molar-refractivity contribution in [3.63, 3.8) is 0 Å². The molecule has 0 bridgehead atoms. The van der Waals surface area contributed by atoms with Crippen LogP contribution in [-0.2, 0) is 16.1 Å². The molecule has 0 saturated carbocycles. The summed E-state index contributed by atoms with van der Waals surface area (Å²) in [5, 5.41) is 23.0. The first-order chi connectivity index (χ1) is 14.0. The Bertz CT molecular complexity index is 1150. The third-order valence-electron chi connectivity index (χ3n) is 4.79. The Kier molecular flexibility index (Phi) is 5.11. The lowest BCUT2D eigenvalue weighted by Gasteiger charge is -2.22. The van der Waals surface area contributed by atoms with E-state index in [0.717, 1.165) is 6.07 Å². The maximum absolute atomic E-state index is 12.9. The Balaban J connectivity index is 2.32. The number of fused-ring (bicyclic) bond motifs is 3. The zero-order valence-corrected chi connectivity index (χ0v) is 17.1. The number of nitrogens with two attached hydrogens (primary N) is 1. The van der Waals surface area contributed by atoms with E-state index in [0.29, 0.717) is 29.7 Å². The topological polar surface area (TPSA) is 144 Å². The first-order valence-corrected chi connectivity index (χ1v) is 9.34. The molecule has 0 radical (unpaired) electrons. The number of allylic oxidation sites excluding steroid dienone is 1. The lowest BCUT2D eigenvalue weighted by Crippen LogP contribution is -2.26. The number of esters is 1. The standard InChI is InChI=1S/C20H22N4O6/c1-5-11-8-9-22-13-6-7-14(23(26)27)18(24(28)29)12(13)10-15(22)17(21)16(11)19(25)30-20(2,3)4/h6-8,10H,5,9,21H2,1-4H3. The van der Waals surface area contributed by atoms with Crippen molar-refractivity contribution in [1.82, 2.24) is 4.57 Å². The maximum Gasteiger partial charge on any atom is 0.355 e. The van der Waals surface area contributed by atoms with E-state index in [1.165, 1.54) is 12.1 Å². The van der Waals surface area contributed by atoms with Crippen molar-refractivity contribution in [1.29, 1.82) is 0 Å². The molecule has 0 aliphatic carbocycles. The van der Waals surface area contributed by atoms with E-state index in [2.05, 4.69) is 0 Å². The Morgan fingerprint density at radius 3 is 2.43 bits per heavy atom. The van der Waals surface area contributed by atoms with Gasteiger partial charge in [-0.2, -0.15) is 0 Å². The van der Waals surface area contributed by atoms with Gasteiger partial charge in [0.25, 0.3) is 0 Å². The average molecular weight is 414 g/mol. The molecule has 0 fully saturated rings. The molecule has 1 aliphatic rings. The molecule has 2 aromatic rings. The fourth-order valence-corrected chi connectivity index (χ4v) is 3.56. The lowest BCUT2D eigenvalue weighted by molar-refractivity contribution is -0.421. The highest BCUT2D eigenvalue weighted by Crippen LogP contribution is 2.39. The van der Waals surface area contributed by atoms with Crippen LogP contribution in [0.25, 0.3) is 16.6 Å². The number of rotatable bonds is 4. The van der Waals surface area contributed by atoms with Crippen molar-refractivity contribution < 1.29 is 19.4 Å². The van der Waals surface area contributed by atoms with Crippen LogP contribution in [0, 0.1) is 20.2 Å². The molecular formula is C20H22N4O6. The molecule has 3 rings (SSSR count). The summed E-state index contributed by atoms with van der Waals surface area (Å²) in [5.74, 6) is -0.590. The van der Waals surface area contributed by atoms with Gasteiger partial charge in [0, 0.05) is 12.6 Å². The maximum atomic E-state index is 12.9. The molecule has 10 nitrogen and oxygen atoms in total. The number of carbonyl (C=O) groups excluding carboxylic acids is 1. The Morgan fingerprint density at radius 1 is 1.23 bits per heavy atom. The van der Waals surface area contributed by atoms with Crippen LogP contribution in [0.2, 0.25) is 0 Å². The normalized spacial score (nSPS) is 14.2. The molecule has 30 heavy (non-hydrogen) atoms. The van der Waals surface area contributed by atoms with Crippen LogP contribution in [0.5, 0.6) is 0 Å². The van der Waals surface area contributed by atoms with Gasteiger partial charge in [-0.3, -0.25) is 20.2 Å². The van der Waals surface area contributed by atoms with Gasteiger partial charge in [0.05, 0.1) is 37.7 Å². The van der Waals surface area contributed by atoms with Crippen LogP contribution < -0.4 is 5.73 Å². The monoisotopic (exact) mass is 414 g/mol. The van der Waals surface area contributed by atoms with Gasteiger partial charge in [-0.1, -0.05) is 13.0 Å². The number of aromatic nitrogens is 1.